The molecule has 25 heavy (non-hydrogen) atoms. The van der Waals surface area contributed by atoms with E-state index < -0.39 is 0 Å². The first kappa shape index (κ1) is 17.5. The Bertz CT molecular complexity index is 735. The molecule has 0 unspecified atom stereocenters. The number of halogens is 1. The van der Waals surface area contributed by atoms with Crippen LogP contribution in [0.5, 0.6) is 0 Å². The molecule has 4 nitrogen and oxygen atoms in total. The highest BCUT2D eigenvalue weighted by Gasteiger charge is 2.26. The van der Waals surface area contributed by atoms with Crippen LogP contribution < -0.4 is 0 Å². The summed E-state index contributed by atoms with van der Waals surface area (Å²) in [5, 5.41) is 0. The zero-order chi connectivity index (χ0) is 17.6. The van der Waals surface area contributed by atoms with Gasteiger partial charge in [0.2, 0.25) is 0 Å². The number of pyridine rings is 1. The van der Waals surface area contributed by atoms with Crippen LogP contribution in [-0.4, -0.2) is 35.5 Å². The SMILES string of the molecule is CCOC(=O)[C@@H]1CCCN(Cc2cncc(-c3cccc(F)c3)c2)C1. The standard InChI is InChI=1S/C20H23FN2O2/c1-2-25-20(24)17-6-4-8-23(14-17)13-15-9-18(12-22-11-15)16-5-3-7-19(21)10-16/h3,5,7,9-12,17H,2,4,6,8,13-14H2,1H3/t17-/m1/s1. The van der Waals surface area contributed by atoms with Crippen molar-refractivity contribution in [2.24, 2.45) is 5.92 Å². The van der Waals surface area contributed by atoms with E-state index in [0.29, 0.717) is 13.2 Å². The molecule has 0 radical (unpaired) electrons. The van der Waals surface area contributed by atoms with Gasteiger partial charge in [-0.05, 0) is 55.6 Å². The Kier molecular flexibility index (Phi) is 5.76. The first-order chi connectivity index (χ1) is 12.2. The molecule has 1 aliphatic heterocycles. The minimum Gasteiger partial charge on any atom is -0.466 e. The van der Waals surface area contributed by atoms with Gasteiger partial charge in [0.15, 0.2) is 0 Å². The van der Waals surface area contributed by atoms with Gasteiger partial charge in [0.05, 0.1) is 12.5 Å². The van der Waals surface area contributed by atoms with Crippen molar-refractivity contribution in [3.05, 3.63) is 54.1 Å². The molecule has 1 aromatic heterocycles. The van der Waals surface area contributed by atoms with Gasteiger partial charge in [-0.25, -0.2) is 4.39 Å². The van der Waals surface area contributed by atoms with Crippen LogP contribution in [-0.2, 0) is 16.1 Å². The molecule has 0 amide bonds. The molecule has 1 saturated heterocycles. The molecule has 0 bridgehead atoms. The highest BCUT2D eigenvalue weighted by atomic mass is 19.1. The van der Waals surface area contributed by atoms with Crippen molar-refractivity contribution in [2.75, 3.05) is 19.7 Å². The number of hydrogen-bond donors (Lipinski definition) is 0. The number of rotatable bonds is 5. The lowest BCUT2D eigenvalue weighted by atomic mass is 9.97. The monoisotopic (exact) mass is 342 g/mol. The highest BCUT2D eigenvalue weighted by Crippen LogP contribution is 2.23. The average molecular weight is 342 g/mol. The number of nitrogens with zero attached hydrogens (tertiary/aromatic N) is 2. The Hall–Kier alpha value is -2.27. The average Bonchev–Trinajstić information content (AvgIpc) is 2.62. The first-order valence-electron chi connectivity index (χ1n) is 8.74. The van der Waals surface area contributed by atoms with Crippen molar-refractivity contribution in [1.29, 1.82) is 0 Å². The largest absolute Gasteiger partial charge is 0.466 e. The van der Waals surface area contributed by atoms with Crippen molar-refractivity contribution >= 4 is 5.97 Å². The summed E-state index contributed by atoms with van der Waals surface area (Å²) in [5.74, 6) is -0.400. The number of esters is 1. The van der Waals surface area contributed by atoms with Crippen LogP contribution >= 0.6 is 0 Å². The third-order valence-corrected chi connectivity index (χ3v) is 4.48. The third kappa shape index (κ3) is 4.63. The molecule has 0 N–H and O–H groups in total. The predicted molar refractivity (Wildman–Crippen MR) is 94.3 cm³/mol. The zero-order valence-corrected chi connectivity index (χ0v) is 14.5. The topological polar surface area (TPSA) is 42.4 Å². The van der Waals surface area contributed by atoms with Gasteiger partial charge in [0.1, 0.15) is 5.82 Å². The van der Waals surface area contributed by atoms with Crippen molar-refractivity contribution in [3.63, 3.8) is 0 Å². The Labute approximate surface area is 147 Å². The molecule has 1 aromatic carbocycles. The number of likely N-dealkylation sites (tertiary alicyclic amines) is 1. The fourth-order valence-electron chi connectivity index (χ4n) is 3.31. The van der Waals surface area contributed by atoms with Crippen molar-refractivity contribution < 1.29 is 13.9 Å². The van der Waals surface area contributed by atoms with Gasteiger partial charge in [-0.2, -0.15) is 0 Å². The Morgan fingerprint density at radius 1 is 1.32 bits per heavy atom. The summed E-state index contributed by atoms with van der Waals surface area (Å²) in [4.78, 5) is 18.5. The molecule has 3 rings (SSSR count). The number of carbonyl (C=O) groups is 1. The Morgan fingerprint density at radius 3 is 3.00 bits per heavy atom. The van der Waals surface area contributed by atoms with Crippen molar-refractivity contribution in [3.8, 4) is 11.1 Å². The fraction of sp³-hybridized carbons (Fsp3) is 0.400. The van der Waals surface area contributed by atoms with Crippen LogP contribution in [0.3, 0.4) is 0 Å². The van der Waals surface area contributed by atoms with Crippen LogP contribution in [0, 0.1) is 11.7 Å². The van der Waals surface area contributed by atoms with Crippen molar-refractivity contribution in [2.45, 2.75) is 26.3 Å². The quantitative estimate of drug-likeness (QED) is 0.778. The van der Waals surface area contributed by atoms with Crippen LogP contribution in [0.1, 0.15) is 25.3 Å². The third-order valence-electron chi connectivity index (χ3n) is 4.48. The highest BCUT2D eigenvalue weighted by molar-refractivity contribution is 5.72. The van der Waals surface area contributed by atoms with Gasteiger partial charge in [0.25, 0.3) is 0 Å². The van der Waals surface area contributed by atoms with Crippen LogP contribution in [0.2, 0.25) is 0 Å². The van der Waals surface area contributed by atoms with Gasteiger partial charge in [-0.15, -0.1) is 0 Å². The van der Waals surface area contributed by atoms with Crippen LogP contribution in [0.25, 0.3) is 11.1 Å². The second kappa shape index (κ2) is 8.21. The molecule has 2 aromatic rings. The maximum absolute atomic E-state index is 13.4. The maximum Gasteiger partial charge on any atom is 0.310 e. The lowest BCUT2D eigenvalue weighted by molar-refractivity contribution is -0.150. The maximum atomic E-state index is 13.4. The van der Waals surface area contributed by atoms with Gasteiger partial charge in [-0.3, -0.25) is 14.7 Å². The summed E-state index contributed by atoms with van der Waals surface area (Å²) < 4.78 is 18.6. The summed E-state index contributed by atoms with van der Waals surface area (Å²) in [6.45, 7) is 4.66. The number of hydrogen-bond acceptors (Lipinski definition) is 4. The fourth-order valence-corrected chi connectivity index (χ4v) is 3.31. The first-order valence-corrected chi connectivity index (χ1v) is 8.74. The molecule has 0 aliphatic carbocycles. The number of carbonyl (C=O) groups excluding carboxylic acids is 1. The van der Waals surface area contributed by atoms with Gasteiger partial charge < -0.3 is 4.74 Å². The molecule has 1 fully saturated rings. The molecule has 0 spiro atoms. The minimum atomic E-state index is -0.254. The van der Waals surface area contributed by atoms with Gasteiger partial charge >= 0.3 is 5.97 Å². The van der Waals surface area contributed by atoms with Gasteiger partial charge in [0, 0.05) is 31.0 Å². The van der Waals surface area contributed by atoms with E-state index in [1.54, 1.807) is 12.3 Å². The number of aromatic nitrogens is 1. The number of ether oxygens (including phenoxy) is 1. The lowest BCUT2D eigenvalue weighted by Crippen LogP contribution is -2.38. The molecule has 5 heteroatoms. The summed E-state index contributed by atoms with van der Waals surface area (Å²) in [7, 11) is 0. The molecule has 132 valence electrons. The van der Waals surface area contributed by atoms with Crippen LogP contribution in [0.4, 0.5) is 4.39 Å². The molecular formula is C20H23FN2O2. The lowest BCUT2D eigenvalue weighted by Gasteiger charge is -2.31. The van der Waals surface area contributed by atoms with E-state index in [9.17, 15) is 9.18 Å². The summed E-state index contributed by atoms with van der Waals surface area (Å²) >= 11 is 0. The van der Waals surface area contributed by atoms with E-state index in [0.717, 1.165) is 42.6 Å². The predicted octanol–water partition coefficient (Wildman–Crippen LogP) is 3.66. The van der Waals surface area contributed by atoms with E-state index in [-0.39, 0.29) is 17.7 Å². The second-order valence-corrected chi connectivity index (χ2v) is 6.42. The minimum absolute atomic E-state index is 0.0481. The number of piperidine rings is 1. The molecule has 0 saturated carbocycles. The zero-order valence-electron chi connectivity index (χ0n) is 14.5. The molecular weight excluding hydrogens is 319 g/mol. The molecule has 2 heterocycles. The summed E-state index contributed by atoms with van der Waals surface area (Å²) in [5.41, 5.74) is 2.78. The van der Waals surface area contributed by atoms with Gasteiger partial charge in [-0.1, -0.05) is 12.1 Å². The second-order valence-electron chi connectivity index (χ2n) is 6.42. The van der Waals surface area contributed by atoms with Crippen molar-refractivity contribution in [1.82, 2.24) is 9.88 Å². The van der Waals surface area contributed by atoms with E-state index in [1.165, 1.54) is 12.1 Å². The Balaban J connectivity index is 1.69. The molecule has 1 atom stereocenters. The molecule has 1 aliphatic rings. The van der Waals surface area contributed by atoms with E-state index in [4.69, 9.17) is 4.74 Å². The smallest absolute Gasteiger partial charge is 0.310 e. The van der Waals surface area contributed by atoms with E-state index >= 15 is 0 Å². The number of benzene rings is 1. The summed E-state index contributed by atoms with van der Waals surface area (Å²) in [6.07, 6.45) is 5.45. The van der Waals surface area contributed by atoms with Crippen LogP contribution in [0.15, 0.2) is 42.7 Å². The Morgan fingerprint density at radius 2 is 2.20 bits per heavy atom. The van der Waals surface area contributed by atoms with E-state index in [1.807, 2.05) is 25.3 Å². The normalized spacial score (nSPS) is 18.1. The van der Waals surface area contributed by atoms with E-state index in [2.05, 4.69) is 9.88 Å². The summed E-state index contributed by atoms with van der Waals surface area (Å²) in [6, 6.07) is 8.56.